The number of hydrogen-bond donors (Lipinski definition) is 1. The van der Waals surface area contributed by atoms with Crippen molar-refractivity contribution < 1.29 is 18.0 Å². The van der Waals surface area contributed by atoms with Gasteiger partial charge in [-0.3, -0.25) is 14.5 Å². The van der Waals surface area contributed by atoms with Crippen LogP contribution in [0.4, 0.5) is 5.69 Å². The highest BCUT2D eigenvalue weighted by Gasteiger charge is 2.51. The first-order valence-corrected chi connectivity index (χ1v) is 13.3. The summed E-state index contributed by atoms with van der Waals surface area (Å²) in [5.41, 5.74) is 1.14. The lowest BCUT2D eigenvalue weighted by Crippen LogP contribution is -2.71. The predicted octanol–water partition coefficient (Wildman–Crippen LogP) is 3.55. The highest BCUT2D eigenvalue weighted by atomic mass is 32.2. The number of carbonyl (C=O) groups excluding carboxylic acids is 2. The molecule has 1 saturated carbocycles. The lowest BCUT2D eigenvalue weighted by molar-refractivity contribution is -0.133. The molecule has 2 amide bonds. The van der Waals surface area contributed by atoms with Crippen molar-refractivity contribution in [1.82, 2.24) is 9.62 Å². The zero-order valence-corrected chi connectivity index (χ0v) is 20.9. The zero-order chi connectivity index (χ0) is 24.5. The van der Waals surface area contributed by atoms with Crippen molar-refractivity contribution in [2.45, 2.75) is 69.4 Å². The molecule has 8 heteroatoms. The second kappa shape index (κ2) is 9.50. The number of carbonyl (C=O) groups is 2. The molecule has 0 radical (unpaired) electrons. The van der Waals surface area contributed by atoms with Crippen LogP contribution in [-0.4, -0.2) is 49.2 Å². The van der Waals surface area contributed by atoms with Crippen LogP contribution in [0.15, 0.2) is 53.4 Å². The van der Waals surface area contributed by atoms with Gasteiger partial charge in [-0.1, -0.05) is 49.6 Å². The highest BCUT2D eigenvalue weighted by molar-refractivity contribution is 7.89. The van der Waals surface area contributed by atoms with Gasteiger partial charge in [0.15, 0.2) is 0 Å². The number of amides is 2. The summed E-state index contributed by atoms with van der Waals surface area (Å²) in [6, 6.07) is 13.7. The molecule has 1 heterocycles. The first kappa shape index (κ1) is 24.4. The second-order valence-corrected chi connectivity index (χ2v) is 11.6. The summed E-state index contributed by atoms with van der Waals surface area (Å²) in [6.07, 6.45) is 5.04. The van der Waals surface area contributed by atoms with Crippen molar-refractivity contribution in [1.29, 1.82) is 0 Å². The Labute approximate surface area is 202 Å². The lowest BCUT2D eigenvalue weighted by atomic mass is 9.90. The molecule has 2 aliphatic rings. The van der Waals surface area contributed by atoms with E-state index in [1.807, 2.05) is 32.0 Å². The summed E-state index contributed by atoms with van der Waals surface area (Å²) in [7, 11) is -3.95. The average molecular weight is 484 g/mol. The summed E-state index contributed by atoms with van der Waals surface area (Å²) in [6.45, 7) is 5.11. The second-order valence-electron chi connectivity index (χ2n) is 9.62. The van der Waals surface area contributed by atoms with E-state index in [1.54, 1.807) is 25.1 Å². The van der Waals surface area contributed by atoms with E-state index in [4.69, 9.17) is 0 Å². The van der Waals surface area contributed by atoms with E-state index in [2.05, 4.69) is 5.32 Å². The summed E-state index contributed by atoms with van der Waals surface area (Å²) < 4.78 is 28.0. The molecule has 2 aromatic carbocycles. The summed E-state index contributed by atoms with van der Waals surface area (Å²) in [4.78, 5) is 29.0. The Hall–Kier alpha value is -2.71. The van der Waals surface area contributed by atoms with Crippen molar-refractivity contribution >= 4 is 27.5 Å². The van der Waals surface area contributed by atoms with Crippen molar-refractivity contribution in [3.63, 3.8) is 0 Å². The normalized spacial score (nSPS) is 22.6. The van der Waals surface area contributed by atoms with Gasteiger partial charge in [0.25, 0.3) is 0 Å². The van der Waals surface area contributed by atoms with Crippen LogP contribution in [0.3, 0.4) is 0 Å². The maximum Gasteiger partial charge on any atom is 0.247 e. The molecule has 4 rings (SSSR count). The highest BCUT2D eigenvalue weighted by Crippen LogP contribution is 2.35. The first-order valence-electron chi connectivity index (χ1n) is 11.9. The molecule has 1 saturated heterocycles. The Morgan fingerprint density at radius 3 is 2.35 bits per heavy atom. The van der Waals surface area contributed by atoms with Crippen molar-refractivity contribution in [3.05, 3.63) is 59.7 Å². The van der Waals surface area contributed by atoms with Crippen LogP contribution >= 0.6 is 0 Å². The molecule has 182 valence electrons. The Bertz CT molecular complexity index is 1180. The van der Waals surface area contributed by atoms with Gasteiger partial charge in [0, 0.05) is 18.3 Å². The van der Waals surface area contributed by atoms with Gasteiger partial charge in [0.1, 0.15) is 5.54 Å². The number of rotatable bonds is 5. The third-order valence-corrected chi connectivity index (χ3v) is 8.97. The quantitative estimate of drug-likeness (QED) is 0.705. The van der Waals surface area contributed by atoms with Gasteiger partial charge < -0.3 is 5.32 Å². The van der Waals surface area contributed by atoms with Crippen LogP contribution in [-0.2, 0) is 19.6 Å². The smallest absolute Gasteiger partial charge is 0.247 e. The maximum atomic E-state index is 13.8. The van der Waals surface area contributed by atoms with E-state index in [1.165, 1.54) is 17.0 Å². The third kappa shape index (κ3) is 4.49. The molecule has 2 aromatic rings. The van der Waals surface area contributed by atoms with E-state index >= 15 is 0 Å². The van der Waals surface area contributed by atoms with Crippen LogP contribution in [0.25, 0.3) is 0 Å². The standard InChI is InChI=1S/C26H33N3O4S/c1-19-11-10-16-23(20(19)2)29-24(30)17-28(34(32,33)22-14-8-5-9-15-22)18-26(29,3)25(31)27-21-12-6-4-7-13-21/h5,8-11,14-16,21H,4,6-7,12-13,17-18H2,1-3H3,(H,27,31). The molecule has 34 heavy (non-hydrogen) atoms. The molecule has 1 aliphatic heterocycles. The maximum absolute atomic E-state index is 13.8. The SMILES string of the molecule is Cc1cccc(N2C(=O)CN(S(=O)(=O)c3ccccc3)CC2(C)C(=O)NC2CCCCC2)c1C. The van der Waals surface area contributed by atoms with Gasteiger partial charge in [-0.2, -0.15) is 4.31 Å². The fourth-order valence-corrected chi connectivity index (χ4v) is 6.52. The largest absolute Gasteiger partial charge is 0.351 e. The van der Waals surface area contributed by atoms with Gasteiger partial charge in [-0.05, 0) is 62.9 Å². The van der Waals surface area contributed by atoms with E-state index in [-0.39, 0.29) is 29.9 Å². The van der Waals surface area contributed by atoms with E-state index in [9.17, 15) is 18.0 Å². The average Bonchev–Trinajstić information content (AvgIpc) is 2.82. The fourth-order valence-electron chi connectivity index (χ4n) is 5.02. The van der Waals surface area contributed by atoms with Crippen LogP contribution in [0.5, 0.6) is 0 Å². The van der Waals surface area contributed by atoms with E-state index in [0.717, 1.165) is 47.5 Å². The number of anilines is 1. The number of piperazine rings is 1. The predicted molar refractivity (Wildman–Crippen MR) is 132 cm³/mol. The minimum Gasteiger partial charge on any atom is -0.351 e. The molecule has 1 atom stereocenters. The Morgan fingerprint density at radius 1 is 1.00 bits per heavy atom. The Balaban J connectivity index is 1.75. The Morgan fingerprint density at radius 2 is 1.68 bits per heavy atom. The molecular formula is C26H33N3O4S. The number of nitrogens with one attached hydrogen (secondary N) is 1. The van der Waals surface area contributed by atoms with Crippen LogP contribution in [0, 0.1) is 13.8 Å². The van der Waals surface area contributed by atoms with Crippen LogP contribution in [0.2, 0.25) is 0 Å². The van der Waals surface area contributed by atoms with Crippen LogP contribution < -0.4 is 10.2 Å². The van der Waals surface area contributed by atoms with Gasteiger partial charge in [0.05, 0.1) is 11.4 Å². The Kier molecular flexibility index (Phi) is 6.82. The molecule has 1 N–H and O–H groups in total. The number of hydrogen-bond acceptors (Lipinski definition) is 4. The van der Waals surface area contributed by atoms with Crippen molar-refractivity contribution in [2.75, 3.05) is 18.0 Å². The topological polar surface area (TPSA) is 86.8 Å². The van der Waals surface area contributed by atoms with E-state index < -0.39 is 21.5 Å². The molecule has 1 unspecified atom stereocenters. The van der Waals surface area contributed by atoms with Crippen LogP contribution in [0.1, 0.15) is 50.2 Å². The molecular weight excluding hydrogens is 450 g/mol. The van der Waals surface area contributed by atoms with Gasteiger partial charge in [0.2, 0.25) is 21.8 Å². The zero-order valence-electron chi connectivity index (χ0n) is 20.1. The number of aryl methyl sites for hydroxylation is 1. The summed E-state index contributed by atoms with van der Waals surface area (Å²) >= 11 is 0. The number of benzene rings is 2. The monoisotopic (exact) mass is 483 g/mol. The lowest BCUT2D eigenvalue weighted by Gasteiger charge is -2.47. The first-order chi connectivity index (χ1) is 16.1. The third-order valence-electron chi connectivity index (χ3n) is 7.17. The molecule has 0 spiro atoms. The van der Waals surface area contributed by atoms with Crippen molar-refractivity contribution in [3.8, 4) is 0 Å². The molecule has 1 aliphatic carbocycles. The van der Waals surface area contributed by atoms with Gasteiger partial charge >= 0.3 is 0 Å². The van der Waals surface area contributed by atoms with Gasteiger partial charge in [-0.15, -0.1) is 0 Å². The summed E-state index contributed by atoms with van der Waals surface area (Å²) in [5, 5.41) is 3.14. The minimum atomic E-state index is -3.95. The summed E-state index contributed by atoms with van der Waals surface area (Å²) in [5.74, 6) is -0.734. The molecule has 7 nitrogen and oxygen atoms in total. The van der Waals surface area contributed by atoms with E-state index in [0.29, 0.717) is 5.69 Å². The molecule has 0 aromatic heterocycles. The fraction of sp³-hybridized carbons (Fsp3) is 0.462. The van der Waals surface area contributed by atoms with Gasteiger partial charge in [-0.25, -0.2) is 8.42 Å². The van der Waals surface area contributed by atoms with Crippen molar-refractivity contribution in [2.24, 2.45) is 0 Å². The molecule has 0 bridgehead atoms. The molecule has 2 fully saturated rings. The number of nitrogens with zero attached hydrogens (tertiary/aromatic N) is 2. The minimum absolute atomic E-state index is 0.0368. The number of sulfonamides is 1.